The van der Waals surface area contributed by atoms with Crippen molar-refractivity contribution in [2.45, 2.75) is 19.8 Å². The molecule has 0 saturated carbocycles. The maximum atomic E-state index is 12.4. The Morgan fingerprint density at radius 2 is 2.29 bits per heavy atom. The van der Waals surface area contributed by atoms with Gasteiger partial charge in [-0.1, -0.05) is 19.9 Å². The maximum Gasteiger partial charge on any atom is 0.260 e. The Labute approximate surface area is 122 Å². The molecule has 21 heavy (non-hydrogen) atoms. The largest absolute Gasteiger partial charge is 0.489 e. The first-order valence-electron chi connectivity index (χ1n) is 7.01. The van der Waals surface area contributed by atoms with E-state index >= 15 is 0 Å². The fourth-order valence-electron chi connectivity index (χ4n) is 2.23. The number of ether oxygens (including phenoxy) is 1. The number of aromatic nitrogens is 2. The van der Waals surface area contributed by atoms with Gasteiger partial charge in [-0.25, -0.2) is 0 Å². The molecule has 3 N–H and O–H groups in total. The summed E-state index contributed by atoms with van der Waals surface area (Å²) in [6.07, 6.45) is 0. The van der Waals surface area contributed by atoms with Crippen molar-refractivity contribution in [3.8, 4) is 5.75 Å². The van der Waals surface area contributed by atoms with E-state index < -0.39 is 0 Å². The molecule has 6 nitrogen and oxygen atoms in total. The molecule has 0 saturated heterocycles. The third-order valence-electron chi connectivity index (χ3n) is 3.38. The Balaban J connectivity index is 1.82. The number of hydrogen-bond acceptors (Lipinski definition) is 4. The number of rotatable bonds is 3. The highest BCUT2D eigenvalue weighted by atomic mass is 16.5. The van der Waals surface area contributed by atoms with Crippen LogP contribution in [0.4, 0.5) is 11.5 Å². The summed E-state index contributed by atoms with van der Waals surface area (Å²) in [4.78, 5) is 12.4. The molecule has 1 aliphatic heterocycles. The number of amides is 1. The van der Waals surface area contributed by atoms with Crippen LogP contribution in [0.5, 0.6) is 5.75 Å². The summed E-state index contributed by atoms with van der Waals surface area (Å²) in [5, 5.41) is 13.0. The Kier molecular flexibility index (Phi) is 3.51. The summed E-state index contributed by atoms with van der Waals surface area (Å²) < 4.78 is 5.61. The number of H-pyrrole nitrogens is 1. The molecule has 1 amide bonds. The lowest BCUT2D eigenvalue weighted by Gasteiger charge is -2.21. The summed E-state index contributed by atoms with van der Waals surface area (Å²) in [6.45, 7) is 5.42. The summed E-state index contributed by atoms with van der Waals surface area (Å²) in [5.41, 5.74) is 2.34. The van der Waals surface area contributed by atoms with Gasteiger partial charge in [0, 0.05) is 18.3 Å². The molecule has 2 heterocycles. The zero-order valence-electron chi connectivity index (χ0n) is 12.1. The molecule has 0 spiro atoms. The topological polar surface area (TPSA) is 79.0 Å². The van der Waals surface area contributed by atoms with Gasteiger partial charge in [-0.3, -0.25) is 9.89 Å². The second-order valence-corrected chi connectivity index (χ2v) is 5.27. The van der Waals surface area contributed by atoms with Crippen LogP contribution in [0, 0.1) is 0 Å². The van der Waals surface area contributed by atoms with E-state index in [9.17, 15) is 4.79 Å². The van der Waals surface area contributed by atoms with Crippen LogP contribution in [0.25, 0.3) is 0 Å². The fourth-order valence-corrected chi connectivity index (χ4v) is 2.23. The summed E-state index contributed by atoms with van der Waals surface area (Å²) in [7, 11) is 0. The standard InChI is InChI=1S/C15H18N4O2/c1-9(2)12-8-13(19-18-12)17-15(20)10-4-3-5-11-14(10)21-7-6-16-11/h3-5,8-9,16H,6-7H2,1-2H3,(H2,17,18,19,20). The third-order valence-corrected chi connectivity index (χ3v) is 3.38. The van der Waals surface area contributed by atoms with E-state index in [1.165, 1.54) is 0 Å². The van der Waals surface area contributed by atoms with Crippen molar-refractivity contribution in [1.82, 2.24) is 10.2 Å². The molecule has 0 bridgehead atoms. The van der Waals surface area contributed by atoms with E-state index in [1.807, 2.05) is 18.2 Å². The molecular weight excluding hydrogens is 268 g/mol. The van der Waals surface area contributed by atoms with Crippen molar-refractivity contribution in [1.29, 1.82) is 0 Å². The first-order chi connectivity index (χ1) is 10.1. The van der Waals surface area contributed by atoms with Crippen molar-refractivity contribution in [3.63, 3.8) is 0 Å². The number of nitrogens with one attached hydrogen (secondary N) is 3. The van der Waals surface area contributed by atoms with E-state index in [4.69, 9.17) is 4.74 Å². The van der Waals surface area contributed by atoms with Gasteiger partial charge in [-0.2, -0.15) is 5.10 Å². The van der Waals surface area contributed by atoms with E-state index in [-0.39, 0.29) is 5.91 Å². The van der Waals surface area contributed by atoms with Gasteiger partial charge in [0.25, 0.3) is 5.91 Å². The molecule has 1 aromatic carbocycles. The molecule has 3 rings (SSSR count). The number of carbonyl (C=O) groups is 1. The quantitative estimate of drug-likeness (QED) is 0.810. The highest BCUT2D eigenvalue weighted by Gasteiger charge is 2.19. The molecule has 6 heteroatoms. The predicted octanol–water partition coefficient (Wildman–Crippen LogP) is 2.59. The molecule has 2 aromatic rings. The van der Waals surface area contributed by atoms with Crippen LogP contribution in [0.15, 0.2) is 24.3 Å². The molecule has 0 atom stereocenters. The normalized spacial score (nSPS) is 13.3. The van der Waals surface area contributed by atoms with Crippen LogP contribution < -0.4 is 15.4 Å². The fraction of sp³-hybridized carbons (Fsp3) is 0.333. The van der Waals surface area contributed by atoms with Crippen LogP contribution in [0.1, 0.15) is 35.8 Å². The van der Waals surface area contributed by atoms with Gasteiger partial charge < -0.3 is 15.4 Å². The van der Waals surface area contributed by atoms with Crippen LogP contribution in [-0.4, -0.2) is 29.3 Å². The number of para-hydroxylation sites is 1. The van der Waals surface area contributed by atoms with E-state index in [0.717, 1.165) is 17.9 Å². The lowest BCUT2D eigenvalue weighted by Crippen LogP contribution is -2.22. The van der Waals surface area contributed by atoms with Crippen LogP contribution >= 0.6 is 0 Å². The number of nitrogens with zero attached hydrogens (tertiary/aromatic N) is 1. The number of aromatic amines is 1. The SMILES string of the molecule is CC(C)c1cc(NC(=O)c2cccc3c2OCCN3)n[nH]1. The molecule has 0 radical (unpaired) electrons. The molecule has 0 aliphatic carbocycles. The zero-order chi connectivity index (χ0) is 14.8. The first kappa shape index (κ1) is 13.5. The van der Waals surface area contributed by atoms with E-state index in [2.05, 4.69) is 34.7 Å². The van der Waals surface area contributed by atoms with Crippen LogP contribution in [0.2, 0.25) is 0 Å². The molecular formula is C15H18N4O2. The third kappa shape index (κ3) is 2.69. The predicted molar refractivity (Wildman–Crippen MR) is 81.1 cm³/mol. The Morgan fingerprint density at radius 3 is 3.05 bits per heavy atom. The molecule has 110 valence electrons. The second kappa shape index (κ2) is 5.47. The van der Waals surface area contributed by atoms with Gasteiger partial charge >= 0.3 is 0 Å². The van der Waals surface area contributed by atoms with Gasteiger partial charge in [0.05, 0.1) is 11.3 Å². The number of fused-ring (bicyclic) bond motifs is 1. The molecule has 0 unspecified atom stereocenters. The van der Waals surface area contributed by atoms with E-state index in [1.54, 1.807) is 6.07 Å². The van der Waals surface area contributed by atoms with Crippen molar-refractivity contribution in [2.24, 2.45) is 0 Å². The molecule has 0 fully saturated rings. The minimum atomic E-state index is -0.225. The summed E-state index contributed by atoms with van der Waals surface area (Å²) in [5.74, 6) is 1.23. The average molecular weight is 286 g/mol. The number of hydrogen-bond donors (Lipinski definition) is 3. The van der Waals surface area contributed by atoms with Crippen molar-refractivity contribution < 1.29 is 9.53 Å². The van der Waals surface area contributed by atoms with Crippen LogP contribution in [-0.2, 0) is 0 Å². The van der Waals surface area contributed by atoms with Gasteiger partial charge in [0.2, 0.25) is 0 Å². The lowest BCUT2D eigenvalue weighted by atomic mass is 10.1. The lowest BCUT2D eigenvalue weighted by molar-refractivity contribution is 0.102. The highest BCUT2D eigenvalue weighted by molar-refractivity contribution is 6.07. The van der Waals surface area contributed by atoms with Gasteiger partial charge in [-0.05, 0) is 18.1 Å². The minimum absolute atomic E-state index is 0.225. The van der Waals surface area contributed by atoms with Crippen molar-refractivity contribution in [3.05, 3.63) is 35.5 Å². The van der Waals surface area contributed by atoms with Crippen molar-refractivity contribution >= 4 is 17.4 Å². The molecule has 1 aromatic heterocycles. The Hall–Kier alpha value is -2.50. The number of carbonyl (C=O) groups excluding carboxylic acids is 1. The summed E-state index contributed by atoms with van der Waals surface area (Å²) in [6, 6.07) is 7.32. The summed E-state index contributed by atoms with van der Waals surface area (Å²) >= 11 is 0. The number of benzene rings is 1. The van der Waals surface area contributed by atoms with Gasteiger partial charge in [-0.15, -0.1) is 0 Å². The van der Waals surface area contributed by atoms with Crippen molar-refractivity contribution in [2.75, 3.05) is 23.8 Å². The zero-order valence-corrected chi connectivity index (χ0v) is 12.1. The Bertz CT molecular complexity index is 663. The van der Waals surface area contributed by atoms with Gasteiger partial charge in [0.1, 0.15) is 6.61 Å². The Morgan fingerprint density at radius 1 is 1.43 bits per heavy atom. The average Bonchev–Trinajstić information content (AvgIpc) is 2.95. The van der Waals surface area contributed by atoms with Gasteiger partial charge in [0.15, 0.2) is 11.6 Å². The highest BCUT2D eigenvalue weighted by Crippen LogP contribution is 2.31. The maximum absolute atomic E-state index is 12.4. The number of anilines is 2. The first-order valence-corrected chi connectivity index (χ1v) is 7.01. The minimum Gasteiger partial charge on any atom is -0.489 e. The second-order valence-electron chi connectivity index (χ2n) is 5.27. The molecule has 1 aliphatic rings. The monoisotopic (exact) mass is 286 g/mol. The van der Waals surface area contributed by atoms with Crippen LogP contribution in [0.3, 0.4) is 0 Å². The smallest absolute Gasteiger partial charge is 0.260 e. The van der Waals surface area contributed by atoms with E-state index in [0.29, 0.717) is 29.7 Å².